The highest BCUT2D eigenvalue weighted by atomic mass is 79.9. The van der Waals surface area contributed by atoms with Crippen molar-refractivity contribution in [3.05, 3.63) is 33.4 Å². The van der Waals surface area contributed by atoms with Crippen LogP contribution < -0.4 is 5.73 Å². The van der Waals surface area contributed by atoms with E-state index in [0.29, 0.717) is 21.7 Å². The van der Waals surface area contributed by atoms with E-state index in [0.717, 1.165) is 5.69 Å². The average Bonchev–Trinajstić information content (AvgIpc) is 2.34. The summed E-state index contributed by atoms with van der Waals surface area (Å²) >= 11 is 9.35. The van der Waals surface area contributed by atoms with Gasteiger partial charge in [-0.25, -0.2) is 9.97 Å². The van der Waals surface area contributed by atoms with Crippen LogP contribution in [0, 0.1) is 0 Å². The summed E-state index contributed by atoms with van der Waals surface area (Å²) in [5, 5.41) is 9.72. The number of rotatable bonds is 1. The molecule has 0 aliphatic heterocycles. The predicted octanol–water partition coefficient (Wildman–Crippen LogP) is 4.14. The zero-order valence-corrected chi connectivity index (χ0v) is 13.7. The van der Waals surface area contributed by atoms with Crippen LogP contribution in [0.1, 0.15) is 26.5 Å². The van der Waals surface area contributed by atoms with Crippen molar-refractivity contribution in [3.63, 3.8) is 0 Å². The number of phenolic OH excluding ortho intramolecular Hbond substituents is 1. The van der Waals surface area contributed by atoms with E-state index in [1.165, 1.54) is 6.07 Å². The summed E-state index contributed by atoms with van der Waals surface area (Å²) in [6.45, 7) is 6.15. The minimum Gasteiger partial charge on any atom is -0.506 e. The Morgan fingerprint density at radius 3 is 2.45 bits per heavy atom. The summed E-state index contributed by atoms with van der Waals surface area (Å²) in [6, 6.07) is 4.83. The maximum absolute atomic E-state index is 9.47. The third-order valence-electron chi connectivity index (χ3n) is 2.79. The number of hydrogen-bond donors (Lipinski definition) is 2. The number of halogens is 2. The van der Waals surface area contributed by atoms with E-state index < -0.39 is 0 Å². The lowest BCUT2D eigenvalue weighted by atomic mass is 9.91. The fraction of sp³-hybridized carbons (Fsp3) is 0.286. The van der Waals surface area contributed by atoms with Crippen molar-refractivity contribution in [1.82, 2.24) is 9.97 Å². The summed E-state index contributed by atoms with van der Waals surface area (Å²) in [4.78, 5) is 8.83. The van der Waals surface area contributed by atoms with Crippen molar-refractivity contribution >= 4 is 33.3 Å². The van der Waals surface area contributed by atoms with E-state index in [4.69, 9.17) is 17.3 Å². The van der Waals surface area contributed by atoms with Crippen LogP contribution in [0.5, 0.6) is 5.75 Å². The Labute approximate surface area is 131 Å². The molecule has 0 saturated heterocycles. The predicted molar refractivity (Wildman–Crippen MR) is 85.0 cm³/mol. The van der Waals surface area contributed by atoms with Crippen LogP contribution in [0.25, 0.3) is 11.4 Å². The monoisotopic (exact) mass is 355 g/mol. The molecule has 1 aromatic heterocycles. The van der Waals surface area contributed by atoms with Crippen LogP contribution >= 0.6 is 27.5 Å². The molecule has 4 nitrogen and oxygen atoms in total. The van der Waals surface area contributed by atoms with Crippen molar-refractivity contribution < 1.29 is 5.11 Å². The van der Waals surface area contributed by atoms with Crippen LogP contribution in [0.3, 0.4) is 0 Å². The first-order valence-electron chi connectivity index (χ1n) is 6.02. The molecule has 0 fully saturated rings. The van der Waals surface area contributed by atoms with Gasteiger partial charge in [-0.3, -0.25) is 0 Å². The highest BCUT2D eigenvalue weighted by molar-refractivity contribution is 9.10. The number of nitrogen functional groups attached to an aromatic ring is 1. The molecule has 20 heavy (non-hydrogen) atoms. The van der Waals surface area contributed by atoms with Crippen molar-refractivity contribution in [3.8, 4) is 17.1 Å². The molecule has 0 radical (unpaired) electrons. The molecule has 1 aromatic carbocycles. The molecule has 0 amide bonds. The van der Waals surface area contributed by atoms with Crippen molar-refractivity contribution in [2.75, 3.05) is 5.73 Å². The van der Waals surface area contributed by atoms with Crippen LogP contribution in [0.4, 0.5) is 5.82 Å². The SMILES string of the molecule is CC(C)(C)c1nc(-c2ccc(O)c(Cl)c2)nc(N)c1Br. The first-order valence-corrected chi connectivity index (χ1v) is 7.19. The van der Waals surface area contributed by atoms with Crippen LogP contribution in [-0.4, -0.2) is 15.1 Å². The van der Waals surface area contributed by atoms with Gasteiger partial charge in [0.1, 0.15) is 11.6 Å². The van der Waals surface area contributed by atoms with Crippen molar-refractivity contribution in [1.29, 1.82) is 0 Å². The Hall–Kier alpha value is -1.33. The fourth-order valence-corrected chi connectivity index (χ4v) is 2.69. The maximum Gasteiger partial charge on any atom is 0.161 e. The molecule has 106 valence electrons. The first kappa shape index (κ1) is 15.1. The second kappa shape index (κ2) is 5.22. The third-order valence-corrected chi connectivity index (χ3v) is 3.88. The van der Waals surface area contributed by atoms with Gasteiger partial charge in [0.25, 0.3) is 0 Å². The first-order chi connectivity index (χ1) is 9.20. The van der Waals surface area contributed by atoms with Crippen molar-refractivity contribution in [2.24, 2.45) is 0 Å². The standard InChI is InChI=1S/C14H15BrClN3O/c1-14(2,3)11-10(15)12(17)19-13(18-11)7-4-5-9(20)8(16)6-7/h4-6,20H,1-3H3,(H2,17,18,19). The minimum atomic E-state index is -0.175. The normalized spacial score (nSPS) is 11.7. The summed E-state index contributed by atoms with van der Waals surface area (Å²) in [7, 11) is 0. The summed E-state index contributed by atoms with van der Waals surface area (Å²) in [6.07, 6.45) is 0. The van der Waals surface area contributed by atoms with E-state index in [1.807, 2.05) is 20.8 Å². The molecule has 0 spiro atoms. The number of aromatic nitrogens is 2. The molecular weight excluding hydrogens is 342 g/mol. The van der Waals surface area contributed by atoms with Gasteiger partial charge in [-0.1, -0.05) is 32.4 Å². The average molecular weight is 357 g/mol. The van der Waals surface area contributed by atoms with Gasteiger partial charge in [0.05, 0.1) is 15.2 Å². The van der Waals surface area contributed by atoms with Crippen LogP contribution in [-0.2, 0) is 5.41 Å². The summed E-state index contributed by atoms with van der Waals surface area (Å²) < 4.78 is 0.707. The summed E-state index contributed by atoms with van der Waals surface area (Å²) in [5.41, 5.74) is 7.30. The smallest absolute Gasteiger partial charge is 0.161 e. The Bertz CT molecular complexity index is 668. The van der Waals surface area contributed by atoms with E-state index in [9.17, 15) is 5.11 Å². The van der Waals surface area contributed by atoms with E-state index in [1.54, 1.807) is 12.1 Å². The zero-order chi connectivity index (χ0) is 15.1. The second-order valence-corrected chi connectivity index (χ2v) is 6.71. The molecule has 0 unspecified atom stereocenters. The molecule has 0 atom stereocenters. The molecule has 3 N–H and O–H groups in total. The molecule has 0 saturated carbocycles. The number of aromatic hydroxyl groups is 1. The molecule has 2 rings (SSSR count). The van der Waals surface area contributed by atoms with Gasteiger partial charge in [-0.2, -0.15) is 0 Å². The van der Waals surface area contributed by atoms with Crippen LogP contribution in [0.15, 0.2) is 22.7 Å². The largest absolute Gasteiger partial charge is 0.506 e. The molecule has 0 aliphatic rings. The van der Waals surface area contributed by atoms with E-state index in [-0.39, 0.29) is 16.2 Å². The van der Waals surface area contributed by atoms with E-state index in [2.05, 4.69) is 25.9 Å². The lowest BCUT2D eigenvalue weighted by molar-refractivity contribution is 0.475. The minimum absolute atomic E-state index is 0.0246. The highest BCUT2D eigenvalue weighted by Crippen LogP contribution is 2.34. The number of nitrogens with two attached hydrogens (primary N) is 1. The molecule has 1 heterocycles. The Morgan fingerprint density at radius 2 is 1.90 bits per heavy atom. The highest BCUT2D eigenvalue weighted by Gasteiger charge is 2.22. The second-order valence-electron chi connectivity index (χ2n) is 5.51. The number of anilines is 1. The number of nitrogens with zero attached hydrogens (tertiary/aromatic N) is 2. The van der Waals surface area contributed by atoms with Gasteiger partial charge in [-0.15, -0.1) is 0 Å². The number of hydrogen-bond acceptors (Lipinski definition) is 4. The molecule has 2 aromatic rings. The van der Waals surface area contributed by atoms with Gasteiger partial charge < -0.3 is 10.8 Å². The molecular formula is C14H15BrClN3O. The molecule has 6 heteroatoms. The Morgan fingerprint density at radius 1 is 1.25 bits per heavy atom. The Kier molecular flexibility index (Phi) is 3.93. The lowest BCUT2D eigenvalue weighted by Gasteiger charge is -2.21. The topological polar surface area (TPSA) is 72.0 Å². The number of benzene rings is 1. The van der Waals surface area contributed by atoms with Crippen molar-refractivity contribution in [2.45, 2.75) is 26.2 Å². The number of phenols is 1. The quantitative estimate of drug-likeness (QED) is 0.805. The lowest BCUT2D eigenvalue weighted by Crippen LogP contribution is -2.17. The molecule has 0 aliphatic carbocycles. The van der Waals surface area contributed by atoms with E-state index >= 15 is 0 Å². The van der Waals surface area contributed by atoms with Gasteiger partial charge >= 0.3 is 0 Å². The Balaban J connectivity index is 2.63. The third kappa shape index (κ3) is 2.88. The maximum atomic E-state index is 9.47. The molecule has 0 bridgehead atoms. The van der Waals surface area contributed by atoms with Gasteiger partial charge in [0.15, 0.2) is 5.82 Å². The van der Waals surface area contributed by atoms with Gasteiger partial charge in [0, 0.05) is 11.0 Å². The fourth-order valence-electron chi connectivity index (χ4n) is 1.74. The zero-order valence-electron chi connectivity index (χ0n) is 11.4. The van der Waals surface area contributed by atoms with Crippen LogP contribution in [0.2, 0.25) is 5.02 Å². The van der Waals surface area contributed by atoms with Gasteiger partial charge in [0.2, 0.25) is 0 Å². The van der Waals surface area contributed by atoms with Gasteiger partial charge in [-0.05, 0) is 34.1 Å². The summed E-state index contributed by atoms with van der Waals surface area (Å²) in [5.74, 6) is 0.887.